The number of hydrogen-bond acceptors (Lipinski definition) is 4. The molecule has 0 spiro atoms. The predicted molar refractivity (Wildman–Crippen MR) is 98.2 cm³/mol. The maximum absolute atomic E-state index is 13.2. The number of nitrogens with two attached hydrogens (primary N) is 1. The average molecular weight is 502 g/mol. The maximum atomic E-state index is 13.2. The quantitative estimate of drug-likeness (QED) is 0.395. The molecule has 14 heteroatoms. The Kier molecular flexibility index (Phi) is 6.31. The number of alkyl halides is 9. The highest BCUT2D eigenvalue weighted by Crippen LogP contribution is 2.41. The van der Waals surface area contributed by atoms with Gasteiger partial charge in [-0.3, -0.25) is 4.90 Å². The molecule has 1 aliphatic heterocycles. The van der Waals surface area contributed by atoms with Crippen LogP contribution in [0.5, 0.6) is 5.75 Å². The number of halogens is 9. The van der Waals surface area contributed by atoms with Crippen molar-refractivity contribution in [2.75, 3.05) is 5.73 Å². The van der Waals surface area contributed by atoms with Gasteiger partial charge in [0, 0.05) is 5.69 Å². The van der Waals surface area contributed by atoms with Gasteiger partial charge in [-0.1, -0.05) is 0 Å². The van der Waals surface area contributed by atoms with E-state index in [0.717, 1.165) is 23.1 Å². The van der Waals surface area contributed by atoms with Crippen molar-refractivity contribution >= 4 is 11.8 Å². The fourth-order valence-electron chi connectivity index (χ4n) is 3.40. The lowest BCUT2D eigenvalue weighted by Crippen LogP contribution is -2.32. The summed E-state index contributed by atoms with van der Waals surface area (Å²) in [4.78, 5) is 13.3. The van der Waals surface area contributed by atoms with Gasteiger partial charge in [0.25, 0.3) is 0 Å². The standard InChI is InChI=1S/C20H15F9N2O3/c1-9-16(10-4-12(18(21,22)23)7-13(5-10)19(24,25)26)33-17(32)31(9)8-11-6-14(2-3-15(11)30)34-20(27,28)29/h2-7,9,16H,8,30H2,1H3/t9-,16?/m0/s1. The molecule has 2 N–H and O–H groups in total. The first-order chi connectivity index (χ1) is 15.5. The zero-order valence-electron chi connectivity index (χ0n) is 17.0. The van der Waals surface area contributed by atoms with Crippen molar-refractivity contribution in [1.29, 1.82) is 0 Å². The van der Waals surface area contributed by atoms with Crippen LogP contribution in [0.3, 0.4) is 0 Å². The van der Waals surface area contributed by atoms with Crippen LogP contribution in [0.1, 0.15) is 35.3 Å². The second kappa shape index (κ2) is 8.47. The summed E-state index contributed by atoms with van der Waals surface area (Å²) in [6.45, 7) is 0.859. The van der Waals surface area contributed by atoms with E-state index in [4.69, 9.17) is 10.5 Å². The number of cyclic esters (lactones) is 1. The SMILES string of the molecule is C[C@H]1C(c2cc(C(F)(F)F)cc(C(F)(F)F)c2)OC(=O)N1Cc1cc(OC(F)(F)F)ccc1N. The molecule has 0 saturated carbocycles. The van der Waals surface area contributed by atoms with Crippen LogP contribution in [0.15, 0.2) is 36.4 Å². The molecule has 3 rings (SSSR count). The van der Waals surface area contributed by atoms with Crippen LogP contribution in [-0.2, 0) is 23.6 Å². The van der Waals surface area contributed by atoms with Crippen molar-refractivity contribution in [3.8, 4) is 5.75 Å². The van der Waals surface area contributed by atoms with Crippen LogP contribution in [0.25, 0.3) is 0 Å². The number of carbonyl (C=O) groups is 1. The van der Waals surface area contributed by atoms with Crippen molar-refractivity contribution in [2.24, 2.45) is 0 Å². The third-order valence-electron chi connectivity index (χ3n) is 5.02. The highest BCUT2D eigenvalue weighted by molar-refractivity contribution is 5.71. The zero-order chi connectivity index (χ0) is 25.6. The molecule has 1 aliphatic rings. The summed E-state index contributed by atoms with van der Waals surface area (Å²) >= 11 is 0. The van der Waals surface area contributed by atoms with Gasteiger partial charge in [0.15, 0.2) is 0 Å². The van der Waals surface area contributed by atoms with Crippen molar-refractivity contribution in [2.45, 2.75) is 44.3 Å². The lowest BCUT2D eigenvalue weighted by Gasteiger charge is -2.23. The zero-order valence-corrected chi connectivity index (χ0v) is 17.0. The number of hydrogen-bond donors (Lipinski definition) is 1. The fraction of sp³-hybridized carbons (Fsp3) is 0.350. The van der Waals surface area contributed by atoms with Crippen molar-refractivity contribution in [1.82, 2.24) is 4.90 Å². The summed E-state index contributed by atoms with van der Waals surface area (Å²) < 4.78 is 125. The topological polar surface area (TPSA) is 64.8 Å². The normalized spacial score (nSPS) is 19.4. The van der Waals surface area contributed by atoms with Crippen molar-refractivity contribution in [3.63, 3.8) is 0 Å². The second-order valence-corrected chi connectivity index (χ2v) is 7.42. The Morgan fingerprint density at radius 3 is 2.00 bits per heavy atom. The molecule has 186 valence electrons. The Balaban J connectivity index is 1.93. The maximum Gasteiger partial charge on any atom is 0.573 e. The average Bonchev–Trinajstić information content (AvgIpc) is 2.96. The summed E-state index contributed by atoms with van der Waals surface area (Å²) in [6.07, 6.45) is -17.8. The summed E-state index contributed by atoms with van der Waals surface area (Å²) in [5.41, 5.74) is 1.98. The molecule has 1 heterocycles. The van der Waals surface area contributed by atoms with Gasteiger partial charge < -0.3 is 15.2 Å². The third kappa shape index (κ3) is 5.59. The van der Waals surface area contributed by atoms with E-state index in [0.29, 0.717) is 12.1 Å². The molecule has 0 bridgehead atoms. The number of nitrogen functional groups attached to an aromatic ring is 1. The summed E-state index contributed by atoms with van der Waals surface area (Å²) in [6, 6.07) is 2.66. The van der Waals surface area contributed by atoms with Crippen LogP contribution in [0.4, 0.5) is 50.0 Å². The molecule has 2 aromatic carbocycles. The number of nitrogens with zero attached hydrogens (tertiary/aromatic N) is 1. The van der Waals surface area contributed by atoms with Gasteiger partial charge in [0.2, 0.25) is 0 Å². The molecular weight excluding hydrogens is 487 g/mol. The Morgan fingerprint density at radius 2 is 1.50 bits per heavy atom. The number of benzene rings is 2. The molecule has 1 saturated heterocycles. The molecule has 1 fully saturated rings. The first kappa shape index (κ1) is 25.3. The van der Waals surface area contributed by atoms with Gasteiger partial charge in [0.1, 0.15) is 11.9 Å². The van der Waals surface area contributed by atoms with Crippen LogP contribution >= 0.6 is 0 Å². The van der Waals surface area contributed by atoms with Crippen molar-refractivity contribution < 1.29 is 53.8 Å². The number of ether oxygens (including phenoxy) is 2. The van der Waals surface area contributed by atoms with Crippen LogP contribution in [-0.4, -0.2) is 23.4 Å². The van der Waals surface area contributed by atoms with Gasteiger partial charge in [-0.05, 0) is 54.4 Å². The van der Waals surface area contributed by atoms with E-state index < -0.39 is 65.9 Å². The Hall–Kier alpha value is -3.32. The van der Waals surface area contributed by atoms with E-state index in [1.165, 1.54) is 6.92 Å². The van der Waals surface area contributed by atoms with Crippen molar-refractivity contribution in [3.05, 3.63) is 58.7 Å². The third-order valence-corrected chi connectivity index (χ3v) is 5.02. The van der Waals surface area contributed by atoms with E-state index in [2.05, 4.69) is 4.74 Å². The minimum atomic E-state index is -5.10. The molecule has 0 aliphatic carbocycles. The van der Waals surface area contributed by atoms with Gasteiger partial charge in [-0.15, -0.1) is 13.2 Å². The minimum absolute atomic E-state index is 0.00813. The fourth-order valence-corrected chi connectivity index (χ4v) is 3.40. The van der Waals surface area contributed by atoms with Crippen LogP contribution < -0.4 is 10.5 Å². The molecule has 0 radical (unpaired) electrons. The molecule has 34 heavy (non-hydrogen) atoms. The molecule has 5 nitrogen and oxygen atoms in total. The molecule has 2 atom stereocenters. The van der Waals surface area contributed by atoms with Crippen LogP contribution in [0, 0.1) is 0 Å². The summed E-state index contributed by atoms with van der Waals surface area (Å²) in [5, 5.41) is 0. The highest BCUT2D eigenvalue weighted by atomic mass is 19.4. The second-order valence-electron chi connectivity index (χ2n) is 7.42. The van der Waals surface area contributed by atoms with E-state index in [1.54, 1.807) is 0 Å². The van der Waals surface area contributed by atoms with Crippen LogP contribution in [0.2, 0.25) is 0 Å². The smallest absolute Gasteiger partial charge is 0.439 e. The molecule has 1 amide bonds. The Morgan fingerprint density at radius 1 is 0.941 bits per heavy atom. The summed E-state index contributed by atoms with van der Waals surface area (Å²) in [7, 11) is 0. The number of carbonyl (C=O) groups excluding carboxylic acids is 1. The number of anilines is 1. The minimum Gasteiger partial charge on any atom is -0.439 e. The monoisotopic (exact) mass is 502 g/mol. The van der Waals surface area contributed by atoms with Gasteiger partial charge in [-0.2, -0.15) is 26.3 Å². The van der Waals surface area contributed by atoms with E-state index in [9.17, 15) is 44.3 Å². The molecule has 0 aromatic heterocycles. The van der Waals surface area contributed by atoms with E-state index in [-0.39, 0.29) is 17.3 Å². The lowest BCUT2D eigenvalue weighted by atomic mass is 9.97. The highest BCUT2D eigenvalue weighted by Gasteiger charge is 2.43. The number of amides is 1. The number of rotatable bonds is 4. The van der Waals surface area contributed by atoms with E-state index in [1.807, 2.05) is 0 Å². The first-order valence-electron chi connectivity index (χ1n) is 9.36. The Labute approximate surface area is 185 Å². The molecule has 2 aromatic rings. The predicted octanol–water partition coefficient (Wildman–Crippen LogP) is 6.29. The molecular formula is C20H15F9N2O3. The first-order valence-corrected chi connectivity index (χ1v) is 9.36. The largest absolute Gasteiger partial charge is 0.573 e. The Bertz CT molecular complexity index is 1050. The van der Waals surface area contributed by atoms with Gasteiger partial charge >= 0.3 is 24.8 Å². The summed E-state index contributed by atoms with van der Waals surface area (Å²) in [5.74, 6) is -0.638. The van der Waals surface area contributed by atoms with Gasteiger partial charge in [0.05, 0.1) is 23.7 Å². The van der Waals surface area contributed by atoms with E-state index >= 15 is 0 Å². The van der Waals surface area contributed by atoms with Gasteiger partial charge in [-0.25, -0.2) is 4.79 Å². The molecule has 1 unspecified atom stereocenters. The lowest BCUT2D eigenvalue weighted by molar-refractivity contribution is -0.274.